The Bertz CT molecular complexity index is 576. The molecule has 19 heavy (non-hydrogen) atoms. The Balaban J connectivity index is 1.81. The molecule has 0 N–H and O–H groups in total. The first-order chi connectivity index (χ1) is 9.24. The van der Waals surface area contributed by atoms with Crippen molar-refractivity contribution in [2.45, 2.75) is 12.3 Å². The van der Waals surface area contributed by atoms with E-state index in [-0.39, 0.29) is 5.28 Å². The summed E-state index contributed by atoms with van der Waals surface area (Å²) in [5, 5.41) is 0.0829. The molecule has 1 aromatic heterocycles. The number of anilines is 1. The molecule has 5 heteroatoms. The molecule has 0 aliphatic carbocycles. The molecule has 98 valence electrons. The molecule has 2 heterocycles. The standard InChI is InChI=1S/C14H13ClFN3/c15-14-17-8-12(16)13(18-14)19-7-6-11(9-19)10-4-2-1-3-5-10/h1-5,8,11H,6-7,9H2. The normalized spacial score (nSPS) is 18.8. The van der Waals surface area contributed by atoms with Gasteiger partial charge in [0.2, 0.25) is 5.28 Å². The molecule has 3 nitrogen and oxygen atoms in total. The van der Waals surface area contributed by atoms with E-state index in [1.807, 2.05) is 23.1 Å². The molecule has 0 bridgehead atoms. The van der Waals surface area contributed by atoms with E-state index in [1.165, 1.54) is 5.56 Å². The summed E-state index contributed by atoms with van der Waals surface area (Å²) in [5.41, 5.74) is 1.28. The Labute approximate surface area is 116 Å². The number of halogens is 2. The number of nitrogens with zero attached hydrogens (tertiary/aromatic N) is 3. The van der Waals surface area contributed by atoms with Crippen molar-refractivity contribution in [2.75, 3.05) is 18.0 Å². The van der Waals surface area contributed by atoms with Crippen LogP contribution in [-0.4, -0.2) is 23.1 Å². The number of aromatic nitrogens is 2. The second-order valence-corrected chi connectivity index (χ2v) is 4.99. The highest BCUT2D eigenvalue weighted by Gasteiger charge is 2.26. The molecule has 0 amide bonds. The van der Waals surface area contributed by atoms with E-state index < -0.39 is 5.82 Å². The highest BCUT2D eigenvalue weighted by atomic mass is 35.5. The SMILES string of the molecule is Fc1cnc(Cl)nc1N1CCC(c2ccccc2)C1. The zero-order chi connectivity index (χ0) is 13.2. The average molecular weight is 278 g/mol. The lowest BCUT2D eigenvalue weighted by molar-refractivity contribution is 0.607. The lowest BCUT2D eigenvalue weighted by Crippen LogP contribution is -2.22. The van der Waals surface area contributed by atoms with Gasteiger partial charge < -0.3 is 4.90 Å². The molecule has 1 unspecified atom stereocenters. The fraction of sp³-hybridized carbons (Fsp3) is 0.286. The Morgan fingerprint density at radius 3 is 2.84 bits per heavy atom. The minimum Gasteiger partial charge on any atom is -0.353 e. The first-order valence-electron chi connectivity index (χ1n) is 6.22. The first kappa shape index (κ1) is 12.4. The summed E-state index contributed by atoms with van der Waals surface area (Å²) < 4.78 is 13.7. The van der Waals surface area contributed by atoms with Crippen LogP contribution < -0.4 is 4.90 Å². The van der Waals surface area contributed by atoms with Gasteiger partial charge in [-0.15, -0.1) is 0 Å². The summed E-state index contributed by atoms with van der Waals surface area (Å²) in [5.74, 6) is 0.297. The Morgan fingerprint density at radius 1 is 1.26 bits per heavy atom. The molecule has 1 aliphatic heterocycles. The van der Waals surface area contributed by atoms with Gasteiger partial charge in [-0.05, 0) is 23.6 Å². The van der Waals surface area contributed by atoms with Gasteiger partial charge in [-0.25, -0.2) is 9.37 Å². The number of hydrogen-bond acceptors (Lipinski definition) is 3. The number of benzene rings is 1. The fourth-order valence-electron chi connectivity index (χ4n) is 2.51. The maximum Gasteiger partial charge on any atom is 0.224 e. The lowest BCUT2D eigenvalue weighted by atomic mass is 9.99. The molecule has 1 aliphatic rings. The summed E-state index contributed by atoms with van der Waals surface area (Å²) in [7, 11) is 0. The van der Waals surface area contributed by atoms with Crippen LogP contribution in [0.1, 0.15) is 17.9 Å². The van der Waals surface area contributed by atoms with Gasteiger partial charge in [0.1, 0.15) is 0 Å². The van der Waals surface area contributed by atoms with E-state index in [2.05, 4.69) is 22.1 Å². The van der Waals surface area contributed by atoms with Crippen LogP contribution >= 0.6 is 11.6 Å². The van der Waals surface area contributed by atoms with Crippen LogP contribution in [0.3, 0.4) is 0 Å². The predicted octanol–water partition coefficient (Wildman–Crippen LogP) is 3.26. The van der Waals surface area contributed by atoms with Gasteiger partial charge >= 0.3 is 0 Å². The monoisotopic (exact) mass is 277 g/mol. The highest BCUT2D eigenvalue weighted by molar-refractivity contribution is 6.28. The largest absolute Gasteiger partial charge is 0.353 e. The van der Waals surface area contributed by atoms with E-state index in [0.717, 1.165) is 25.7 Å². The van der Waals surface area contributed by atoms with Crippen LogP contribution in [0.2, 0.25) is 5.28 Å². The summed E-state index contributed by atoms with van der Waals surface area (Å²) in [4.78, 5) is 9.56. The molecule has 3 rings (SSSR count). The molecular formula is C14H13ClFN3. The fourth-order valence-corrected chi connectivity index (χ4v) is 2.64. The van der Waals surface area contributed by atoms with Crippen molar-refractivity contribution in [2.24, 2.45) is 0 Å². The Morgan fingerprint density at radius 2 is 2.05 bits per heavy atom. The van der Waals surface area contributed by atoms with Crippen LogP contribution in [0.5, 0.6) is 0 Å². The second kappa shape index (κ2) is 5.13. The Hall–Kier alpha value is -1.68. The van der Waals surface area contributed by atoms with Crippen LogP contribution in [-0.2, 0) is 0 Å². The smallest absolute Gasteiger partial charge is 0.224 e. The van der Waals surface area contributed by atoms with Crippen LogP contribution in [0.25, 0.3) is 0 Å². The molecule has 0 radical (unpaired) electrons. The van der Waals surface area contributed by atoms with Gasteiger partial charge in [-0.2, -0.15) is 4.98 Å². The maximum atomic E-state index is 13.7. The average Bonchev–Trinajstić information content (AvgIpc) is 2.92. The summed E-state index contributed by atoms with van der Waals surface area (Å²) in [6, 6.07) is 10.3. The summed E-state index contributed by atoms with van der Waals surface area (Å²) >= 11 is 5.73. The van der Waals surface area contributed by atoms with E-state index in [9.17, 15) is 4.39 Å². The van der Waals surface area contributed by atoms with Crippen LogP contribution in [0.15, 0.2) is 36.5 Å². The van der Waals surface area contributed by atoms with Crippen molar-refractivity contribution in [3.63, 3.8) is 0 Å². The third-order valence-electron chi connectivity index (χ3n) is 3.45. The van der Waals surface area contributed by atoms with Crippen molar-refractivity contribution >= 4 is 17.4 Å². The first-order valence-corrected chi connectivity index (χ1v) is 6.60. The Kier molecular flexibility index (Phi) is 3.34. The molecule has 1 fully saturated rings. The van der Waals surface area contributed by atoms with Crippen molar-refractivity contribution in [3.8, 4) is 0 Å². The van der Waals surface area contributed by atoms with E-state index in [0.29, 0.717) is 11.7 Å². The minimum absolute atomic E-state index is 0.0829. The van der Waals surface area contributed by atoms with Gasteiger partial charge in [0.05, 0.1) is 6.20 Å². The third-order valence-corrected chi connectivity index (χ3v) is 3.64. The lowest BCUT2D eigenvalue weighted by Gasteiger charge is -2.18. The van der Waals surface area contributed by atoms with Gasteiger partial charge in [0, 0.05) is 19.0 Å². The van der Waals surface area contributed by atoms with Crippen molar-refractivity contribution in [1.29, 1.82) is 0 Å². The van der Waals surface area contributed by atoms with E-state index >= 15 is 0 Å². The molecule has 1 atom stereocenters. The summed E-state index contributed by atoms with van der Waals surface area (Å²) in [6.07, 6.45) is 2.12. The zero-order valence-corrected chi connectivity index (χ0v) is 11.0. The van der Waals surface area contributed by atoms with Crippen LogP contribution in [0.4, 0.5) is 10.2 Å². The highest BCUT2D eigenvalue weighted by Crippen LogP contribution is 2.31. The van der Waals surface area contributed by atoms with Gasteiger partial charge in [-0.3, -0.25) is 0 Å². The number of rotatable bonds is 2. The van der Waals surface area contributed by atoms with Gasteiger partial charge in [-0.1, -0.05) is 30.3 Å². The topological polar surface area (TPSA) is 29.0 Å². The van der Waals surface area contributed by atoms with Crippen molar-refractivity contribution < 1.29 is 4.39 Å². The summed E-state index contributed by atoms with van der Waals surface area (Å²) in [6.45, 7) is 1.54. The second-order valence-electron chi connectivity index (χ2n) is 4.65. The molecule has 0 spiro atoms. The van der Waals surface area contributed by atoms with Crippen LogP contribution in [0, 0.1) is 5.82 Å². The molecule has 1 aromatic carbocycles. The van der Waals surface area contributed by atoms with Gasteiger partial charge in [0.25, 0.3) is 0 Å². The van der Waals surface area contributed by atoms with E-state index in [1.54, 1.807) is 0 Å². The van der Waals surface area contributed by atoms with Crippen molar-refractivity contribution in [3.05, 3.63) is 53.2 Å². The number of hydrogen-bond donors (Lipinski definition) is 0. The minimum atomic E-state index is -0.418. The van der Waals surface area contributed by atoms with Crippen molar-refractivity contribution in [1.82, 2.24) is 9.97 Å². The molecular weight excluding hydrogens is 265 g/mol. The van der Waals surface area contributed by atoms with Gasteiger partial charge in [0.15, 0.2) is 11.6 Å². The molecule has 1 saturated heterocycles. The zero-order valence-electron chi connectivity index (χ0n) is 10.3. The third kappa shape index (κ3) is 2.54. The molecule has 2 aromatic rings. The molecule has 0 saturated carbocycles. The quantitative estimate of drug-likeness (QED) is 0.789. The maximum absolute atomic E-state index is 13.7. The predicted molar refractivity (Wildman–Crippen MR) is 73.0 cm³/mol. The van der Waals surface area contributed by atoms with E-state index in [4.69, 9.17) is 11.6 Å².